The SMILES string of the molecule is CN1C(=O)CCC(C(=O)NCc2ccc(F)cc2)C1c1cccs1. The summed E-state index contributed by atoms with van der Waals surface area (Å²) in [6.07, 6.45) is 0.925. The zero-order valence-corrected chi connectivity index (χ0v) is 14.2. The van der Waals surface area contributed by atoms with Gasteiger partial charge in [-0.2, -0.15) is 0 Å². The van der Waals surface area contributed by atoms with Crippen LogP contribution in [0.3, 0.4) is 0 Å². The average Bonchev–Trinajstić information content (AvgIpc) is 3.10. The van der Waals surface area contributed by atoms with E-state index in [0.29, 0.717) is 19.4 Å². The van der Waals surface area contributed by atoms with Gasteiger partial charge in [0.05, 0.1) is 12.0 Å². The Bertz CT molecular complexity index is 715. The number of nitrogens with one attached hydrogen (secondary N) is 1. The van der Waals surface area contributed by atoms with Crippen LogP contribution in [0.4, 0.5) is 4.39 Å². The molecule has 24 heavy (non-hydrogen) atoms. The Morgan fingerprint density at radius 3 is 2.75 bits per heavy atom. The lowest BCUT2D eigenvalue weighted by molar-refractivity contribution is -0.141. The minimum absolute atomic E-state index is 0.0657. The number of halogens is 1. The molecular formula is C18H19FN2O2S. The molecule has 126 valence electrons. The van der Waals surface area contributed by atoms with E-state index in [1.807, 2.05) is 17.5 Å². The van der Waals surface area contributed by atoms with Crippen LogP contribution in [0, 0.1) is 11.7 Å². The van der Waals surface area contributed by atoms with Crippen molar-refractivity contribution in [3.05, 3.63) is 58.0 Å². The van der Waals surface area contributed by atoms with E-state index in [0.717, 1.165) is 10.4 Å². The Morgan fingerprint density at radius 1 is 1.33 bits per heavy atom. The van der Waals surface area contributed by atoms with Crippen molar-refractivity contribution in [2.24, 2.45) is 5.92 Å². The van der Waals surface area contributed by atoms with Gasteiger partial charge in [-0.05, 0) is 35.6 Å². The maximum Gasteiger partial charge on any atom is 0.225 e. The van der Waals surface area contributed by atoms with Crippen LogP contribution in [-0.2, 0) is 16.1 Å². The second kappa shape index (κ2) is 7.13. The molecule has 0 bridgehead atoms. The molecule has 2 amide bonds. The number of hydrogen-bond donors (Lipinski definition) is 1. The van der Waals surface area contributed by atoms with Crippen LogP contribution in [0.25, 0.3) is 0 Å². The average molecular weight is 346 g/mol. The largest absolute Gasteiger partial charge is 0.352 e. The molecule has 2 atom stereocenters. The fourth-order valence-corrected chi connectivity index (χ4v) is 4.02. The van der Waals surface area contributed by atoms with Crippen LogP contribution in [0.2, 0.25) is 0 Å². The number of rotatable bonds is 4. The molecule has 1 N–H and O–H groups in total. The number of likely N-dealkylation sites (tertiary alicyclic amines) is 1. The highest BCUT2D eigenvalue weighted by Gasteiger charge is 2.39. The molecule has 1 aromatic heterocycles. The lowest BCUT2D eigenvalue weighted by Gasteiger charge is -2.37. The van der Waals surface area contributed by atoms with Crippen molar-refractivity contribution in [2.75, 3.05) is 7.05 Å². The minimum atomic E-state index is -0.296. The monoisotopic (exact) mass is 346 g/mol. The Kier molecular flexibility index (Phi) is 4.94. The molecule has 1 aromatic carbocycles. The molecule has 1 fully saturated rings. The first-order valence-electron chi connectivity index (χ1n) is 7.87. The number of carbonyl (C=O) groups is 2. The second-order valence-electron chi connectivity index (χ2n) is 5.95. The van der Waals surface area contributed by atoms with Gasteiger partial charge in [-0.15, -0.1) is 11.3 Å². The maximum absolute atomic E-state index is 12.9. The molecule has 2 aromatic rings. The van der Waals surface area contributed by atoms with E-state index >= 15 is 0 Å². The number of hydrogen-bond acceptors (Lipinski definition) is 3. The van der Waals surface area contributed by atoms with Crippen molar-refractivity contribution in [3.8, 4) is 0 Å². The Labute approximate surface area is 144 Å². The standard InChI is InChI=1S/C18H19FN2O2S/c1-21-16(22)9-8-14(17(21)15-3-2-10-24-15)18(23)20-11-12-4-6-13(19)7-5-12/h2-7,10,14,17H,8-9,11H2,1H3,(H,20,23). The summed E-state index contributed by atoms with van der Waals surface area (Å²) in [6, 6.07) is 9.74. The first kappa shape index (κ1) is 16.6. The molecule has 2 heterocycles. The number of amides is 2. The van der Waals surface area contributed by atoms with Gasteiger partial charge in [0.1, 0.15) is 5.82 Å². The number of nitrogens with zero attached hydrogens (tertiary/aromatic N) is 1. The third-order valence-corrected chi connectivity index (χ3v) is 5.36. The Hall–Kier alpha value is -2.21. The minimum Gasteiger partial charge on any atom is -0.352 e. The predicted molar refractivity (Wildman–Crippen MR) is 90.8 cm³/mol. The Balaban J connectivity index is 1.72. The summed E-state index contributed by atoms with van der Waals surface area (Å²) < 4.78 is 12.9. The second-order valence-corrected chi connectivity index (χ2v) is 6.93. The molecule has 0 saturated carbocycles. The van der Waals surface area contributed by atoms with Gasteiger partial charge < -0.3 is 10.2 Å². The van der Waals surface area contributed by atoms with Crippen molar-refractivity contribution in [1.82, 2.24) is 10.2 Å². The highest BCUT2D eigenvalue weighted by molar-refractivity contribution is 7.10. The fraction of sp³-hybridized carbons (Fsp3) is 0.333. The van der Waals surface area contributed by atoms with Gasteiger partial charge in [0.15, 0.2) is 0 Å². The number of carbonyl (C=O) groups excluding carboxylic acids is 2. The molecule has 1 aliphatic rings. The fourth-order valence-electron chi connectivity index (χ4n) is 3.08. The molecule has 3 rings (SSSR count). The first-order valence-corrected chi connectivity index (χ1v) is 8.75. The van der Waals surface area contributed by atoms with Gasteiger partial charge in [-0.3, -0.25) is 9.59 Å². The van der Waals surface area contributed by atoms with E-state index in [9.17, 15) is 14.0 Å². The molecule has 0 radical (unpaired) electrons. The number of thiophene rings is 1. The van der Waals surface area contributed by atoms with Crippen LogP contribution >= 0.6 is 11.3 Å². The van der Waals surface area contributed by atoms with Gasteiger partial charge in [-0.25, -0.2) is 4.39 Å². The molecule has 1 aliphatic heterocycles. The summed E-state index contributed by atoms with van der Waals surface area (Å²) >= 11 is 1.56. The van der Waals surface area contributed by atoms with Crippen molar-refractivity contribution in [2.45, 2.75) is 25.4 Å². The van der Waals surface area contributed by atoms with Crippen molar-refractivity contribution >= 4 is 23.2 Å². The zero-order chi connectivity index (χ0) is 17.1. The maximum atomic E-state index is 12.9. The molecule has 0 spiro atoms. The highest BCUT2D eigenvalue weighted by Crippen LogP contribution is 2.37. The van der Waals surface area contributed by atoms with Crippen LogP contribution in [0.1, 0.15) is 29.3 Å². The van der Waals surface area contributed by atoms with E-state index in [1.54, 1.807) is 35.4 Å². The first-order chi connectivity index (χ1) is 11.6. The predicted octanol–water partition coefficient (Wildman–Crippen LogP) is 3.11. The van der Waals surface area contributed by atoms with E-state index in [4.69, 9.17) is 0 Å². The molecule has 2 unspecified atom stereocenters. The molecule has 6 heteroatoms. The third kappa shape index (κ3) is 3.48. The molecule has 1 saturated heterocycles. The van der Waals surface area contributed by atoms with Crippen molar-refractivity contribution in [3.63, 3.8) is 0 Å². The van der Waals surface area contributed by atoms with Gasteiger partial charge in [-0.1, -0.05) is 18.2 Å². The van der Waals surface area contributed by atoms with Crippen LogP contribution < -0.4 is 5.32 Å². The third-order valence-electron chi connectivity index (χ3n) is 4.41. The van der Waals surface area contributed by atoms with E-state index in [2.05, 4.69) is 5.32 Å². The normalized spacial score (nSPS) is 20.9. The summed E-state index contributed by atoms with van der Waals surface area (Å²) in [5, 5.41) is 4.87. The lowest BCUT2D eigenvalue weighted by atomic mass is 9.87. The van der Waals surface area contributed by atoms with Crippen LogP contribution in [0.15, 0.2) is 41.8 Å². The topological polar surface area (TPSA) is 49.4 Å². The number of benzene rings is 1. The van der Waals surface area contributed by atoms with E-state index in [-0.39, 0.29) is 29.6 Å². The smallest absolute Gasteiger partial charge is 0.225 e. The summed E-state index contributed by atoms with van der Waals surface area (Å²) in [5.41, 5.74) is 0.845. The highest BCUT2D eigenvalue weighted by atomic mass is 32.1. The molecule has 0 aliphatic carbocycles. The van der Waals surface area contributed by atoms with Gasteiger partial charge >= 0.3 is 0 Å². The lowest BCUT2D eigenvalue weighted by Crippen LogP contribution is -2.45. The zero-order valence-electron chi connectivity index (χ0n) is 13.4. The van der Waals surface area contributed by atoms with Gasteiger partial charge in [0.2, 0.25) is 11.8 Å². The quantitative estimate of drug-likeness (QED) is 0.925. The summed E-state index contributed by atoms with van der Waals surface area (Å²) in [4.78, 5) is 27.4. The molecular weight excluding hydrogens is 327 g/mol. The van der Waals surface area contributed by atoms with Crippen LogP contribution in [-0.4, -0.2) is 23.8 Å². The Morgan fingerprint density at radius 2 is 2.08 bits per heavy atom. The van der Waals surface area contributed by atoms with E-state index in [1.165, 1.54) is 12.1 Å². The summed E-state index contributed by atoms with van der Waals surface area (Å²) in [7, 11) is 1.76. The number of piperidine rings is 1. The molecule has 4 nitrogen and oxygen atoms in total. The summed E-state index contributed by atoms with van der Waals surface area (Å²) in [5.74, 6) is -0.574. The van der Waals surface area contributed by atoms with Crippen LogP contribution in [0.5, 0.6) is 0 Å². The van der Waals surface area contributed by atoms with Crippen molar-refractivity contribution < 1.29 is 14.0 Å². The summed E-state index contributed by atoms with van der Waals surface area (Å²) in [6.45, 7) is 0.352. The van der Waals surface area contributed by atoms with Gasteiger partial charge in [0.25, 0.3) is 0 Å². The van der Waals surface area contributed by atoms with Crippen molar-refractivity contribution in [1.29, 1.82) is 0 Å². The van der Waals surface area contributed by atoms with E-state index < -0.39 is 0 Å². The van der Waals surface area contributed by atoms with Gasteiger partial charge in [0, 0.05) is 24.9 Å².